The van der Waals surface area contributed by atoms with Gasteiger partial charge in [0.05, 0.1) is 12.5 Å². The van der Waals surface area contributed by atoms with Gasteiger partial charge in [0.25, 0.3) is 5.91 Å². The number of likely N-dealkylation sites (tertiary alicyclic amines) is 1. The molecule has 0 bridgehead atoms. The molecule has 8 nitrogen and oxygen atoms in total. The maximum Gasteiger partial charge on any atom is 0.325 e. The van der Waals surface area contributed by atoms with Gasteiger partial charge in [0.15, 0.2) is 0 Å². The summed E-state index contributed by atoms with van der Waals surface area (Å²) in [6.07, 6.45) is 3.29. The minimum Gasteiger partial charge on any atom is -0.404 e. The third-order valence-electron chi connectivity index (χ3n) is 4.56. The van der Waals surface area contributed by atoms with Crippen LogP contribution in [-0.2, 0) is 9.59 Å². The Balaban J connectivity index is 2.13. The van der Waals surface area contributed by atoms with Crippen LogP contribution in [0.1, 0.15) is 31.4 Å². The summed E-state index contributed by atoms with van der Waals surface area (Å²) < 4.78 is 0. The largest absolute Gasteiger partial charge is 0.404 e. The van der Waals surface area contributed by atoms with Gasteiger partial charge in [-0.05, 0) is 36.4 Å². The van der Waals surface area contributed by atoms with Crippen molar-refractivity contribution in [1.29, 1.82) is 0 Å². The van der Waals surface area contributed by atoms with Crippen LogP contribution in [0.25, 0.3) is 0 Å². The molecular formula is C19H24ClN5O3. The highest BCUT2D eigenvalue weighted by Crippen LogP contribution is 2.25. The van der Waals surface area contributed by atoms with Crippen molar-refractivity contribution in [2.45, 2.75) is 31.8 Å². The number of β-lactam (4-membered cyclic amide) rings is 1. The molecule has 1 aliphatic heterocycles. The second-order valence-electron chi connectivity index (χ2n) is 6.29. The number of imide groups is 1. The number of carbonyl (C=O) groups is 3. The van der Waals surface area contributed by atoms with Crippen molar-refractivity contribution < 1.29 is 14.4 Å². The molecule has 2 rings (SSSR count). The van der Waals surface area contributed by atoms with Crippen molar-refractivity contribution in [3.8, 4) is 0 Å². The van der Waals surface area contributed by atoms with Crippen molar-refractivity contribution >= 4 is 35.3 Å². The number of amidine groups is 1. The summed E-state index contributed by atoms with van der Waals surface area (Å²) in [6.45, 7) is 1.91. The maximum absolute atomic E-state index is 12.7. The van der Waals surface area contributed by atoms with Crippen LogP contribution in [0.4, 0.5) is 4.79 Å². The average molecular weight is 406 g/mol. The van der Waals surface area contributed by atoms with E-state index < -0.39 is 23.9 Å². The standard InChI is InChI=1S/C19H24ClN5O3/c1-4-14(12-6-5-7-13(20)10-12)23-19(28)25-15(11-17(25)26)18(27)24(3)16(22-2)8-9-21/h5-10,14-15H,4,11,21H2,1-3H3,(H,23,28). The zero-order chi connectivity index (χ0) is 20.8. The van der Waals surface area contributed by atoms with Gasteiger partial charge in [-0.3, -0.25) is 24.4 Å². The highest BCUT2D eigenvalue weighted by Gasteiger charge is 2.47. The zero-order valence-corrected chi connectivity index (χ0v) is 16.8. The lowest BCUT2D eigenvalue weighted by molar-refractivity contribution is -0.151. The first-order chi connectivity index (χ1) is 13.3. The molecule has 1 fully saturated rings. The number of likely N-dealkylation sites (N-methyl/N-ethyl adjacent to an activating group) is 1. The van der Waals surface area contributed by atoms with Crippen molar-refractivity contribution in [3.63, 3.8) is 0 Å². The Hall–Kier alpha value is -2.87. The molecule has 28 heavy (non-hydrogen) atoms. The first kappa shape index (κ1) is 21.4. The topological polar surface area (TPSA) is 108 Å². The quantitative estimate of drug-likeness (QED) is 0.444. The second kappa shape index (κ2) is 9.36. The number of hydrogen-bond donors (Lipinski definition) is 2. The molecule has 150 valence electrons. The number of benzene rings is 1. The predicted octanol–water partition coefficient (Wildman–Crippen LogP) is 2.06. The van der Waals surface area contributed by atoms with Gasteiger partial charge in [-0.25, -0.2) is 4.79 Å². The molecule has 2 unspecified atom stereocenters. The molecule has 9 heteroatoms. The number of rotatable bonds is 5. The highest BCUT2D eigenvalue weighted by molar-refractivity contribution is 6.30. The van der Waals surface area contributed by atoms with E-state index in [2.05, 4.69) is 10.3 Å². The van der Waals surface area contributed by atoms with Crippen LogP contribution in [0, 0.1) is 0 Å². The number of aliphatic imine (C=N–C) groups is 1. The molecule has 1 aromatic carbocycles. The zero-order valence-electron chi connectivity index (χ0n) is 16.1. The lowest BCUT2D eigenvalue weighted by atomic mass is 10.0. The Morgan fingerprint density at radius 3 is 2.75 bits per heavy atom. The number of hydrogen-bond acceptors (Lipinski definition) is 5. The van der Waals surface area contributed by atoms with Gasteiger partial charge >= 0.3 is 6.03 Å². The molecule has 0 radical (unpaired) electrons. The van der Waals surface area contributed by atoms with Gasteiger partial charge in [-0.15, -0.1) is 0 Å². The minimum absolute atomic E-state index is 0.0338. The van der Waals surface area contributed by atoms with Gasteiger partial charge in [-0.1, -0.05) is 30.7 Å². The van der Waals surface area contributed by atoms with Crippen molar-refractivity contribution in [3.05, 3.63) is 47.1 Å². The molecular weight excluding hydrogens is 382 g/mol. The Bertz CT molecular complexity index is 824. The first-order valence-corrected chi connectivity index (χ1v) is 9.22. The number of nitrogens with zero attached hydrogens (tertiary/aromatic N) is 3. The van der Waals surface area contributed by atoms with Gasteiger partial charge in [0.1, 0.15) is 11.9 Å². The fourth-order valence-electron chi connectivity index (χ4n) is 2.99. The Kier molecular flexibility index (Phi) is 7.17. The van der Waals surface area contributed by atoms with E-state index >= 15 is 0 Å². The molecule has 0 aliphatic carbocycles. The van der Waals surface area contributed by atoms with Crippen LogP contribution in [0.2, 0.25) is 5.02 Å². The third kappa shape index (κ3) is 4.51. The molecule has 0 spiro atoms. The van der Waals surface area contributed by atoms with E-state index in [1.165, 1.54) is 31.3 Å². The molecule has 2 atom stereocenters. The summed E-state index contributed by atoms with van der Waals surface area (Å²) in [5, 5.41) is 3.36. The molecule has 0 saturated carbocycles. The maximum atomic E-state index is 12.7. The molecule has 1 aliphatic rings. The van der Waals surface area contributed by atoms with E-state index in [1.807, 2.05) is 13.0 Å². The predicted molar refractivity (Wildman–Crippen MR) is 108 cm³/mol. The van der Waals surface area contributed by atoms with E-state index in [0.717, 1.165) is 10.5 Å². The van der Waals surface area contributed by atoms with Crippen molar-refractivity contribution in [2.24, 2.45) is 10.7 Å². The molecule has 0 aromatic heterocycles. The summed E-state index contributed by atoms with van der Waals surface area (Å²) in [5.41, 5.74) is 6.19. The fourth-order valence-corrected chi connectivity index (χ4v) is 3.19. The SMILES string of the molecule is CCC(NC(=O)N1C(=O)CC1C(=O)N(C)C(C=CN)=NC)c1cccc(Cl)c1. The molecule has 1 aromatic rings. The minimum atomic E-state index is -0.878. The summed E-state index contributed by atoms with van der Waals surface area (Å²) in [4.78, 5) is 43.6. The molecule has 1 heterocycles. The number of halogens is 1. The summed E-state index contributed by atoms with van der Waals surface area (Å²) in [5.74, 6) is -0.489. The van der Waals surface area contributed by atoms with E-state index in [0.29, 0.717) is 17.3 Å². The number of nitrogens with two attached hydrogens (primary N) is 1. The van der Waals surface area contributed by atoms with Crippen LogP contribution in [0.15, 0.2) is 41.5 Å². The lowest BCUT2D eigenvalue weighted by Gasteiger charge is -2.39. The molecule has 3 N–H and O–H groups in total. The molecule has 4 amide bonds. The van der Waals surface area contributed by atoms with E-state index in [9.17, 15) is 14.4 Å². The van der Waals surface area contributed by atoms with Crippen LogP contribution in [0.3, 0.4) is 0 Å². The number of urea groups is 1. The fraction of sp³-hybridized carbons (Fsp3) is 0.368. The summed E-state index contributed by atoms with van der Waals surface area (Å²) in [7, 11) is 3.04. The number of amides is 4. The summed E-state index contributed by atoms with van der Waals surface area (Å²) in [6, 6.07) is 5.31. The Labute approximate surface area is 169 Å². The average Bonchev–Trinajstić information content (AvgIpc) is 2.67. The first-order valence-electron chi connectivity index (χ1n) is 8.84. The number of nitrogens with one attached hydrogen (secondary N) is 1. The lowest BCUT2D eigenvalue weighted by Crippen LogP contribution is -2.64. The molecule has 1 saturated heterocycles. The van der Waals surface area contributed by atoms with Crippen molar-refractivity contribution in [1.82, 2.24) is 15.1 Å². The van der Waals surface area contributed by atoms with Gasteiger partial charge < -0.3 is 11.1 Å². The van der Waals surface area contributed by atoms with Crippen molar-refractivity contribution in [2.75, 3.05) is 14.1 Å². The normalized spacial score (nSPS) is 18.0. The van der Waals surface area contributed by atoms with Gasteiger partial charge in [0.2, 0.25) is 5.91 Å². The monoisotopic (exact) mass is 405 g/mol. The van der Waals surface area contributed by atoms with Crippen LogP contribution < -0.4 is 11.1 Å². The van der Waals surface area contributed by atoms with E-state index in [1.54, 1.807) is 18.2 Å². The van der Waals surface area contributed by atoms with Gasteiger partial charge in [-0.2, -0.15) is 0 Å². The van der Waals surface area contributed by atoms with Crippen LogP contribution >= 0.6 is 11.6 Å². The van der Waals surface area contributed by atoms with Crippen LogP contribution in [-0.4, -0.2) is 53.6 Å². The summed E-state index contributed by atoms with van der Waals surface area (Å²) >= 11 is 6.02. The third-order valence-corrected chi connectivity index (χ3v) is 4.79. The second-order valence-corrected chi connectivity index (χ2v) is 6.72. The Morgan fingerprint density at radius 2 is 2.21 bits per heavy atom. The Morgan fingerprint density at radius 1 is 1.50 bits per heavy atom. The van der Waals surface area contributed by atoms with E-state index in [-0.39, 0.29) is 12.5 Å². The van der Waals surface area contributed by atoms with E-state index in [4.69, 9.17) is 17.3 Å². The van der Waals surface area contributed by atoms with Crippen LogP contribution in [0.5, 0.6) is 0 Å². The highest BCUT2D eigenvalue weighted by atomic mass is 35.5. The van der Waals surface area contributed by atoms with Gasteiger partial charge in [0, 0.05) is 19.1 Å². The smallest absolute Gasteiger partial charge is 0.325 e. The number of carbonyl (C=O) groups excluding carboxylic acids is 3.